The van der Waals surface area contributed by atoms with Gasteiger partial charge in [-0.05, 0) is 35.9 Å². The Hall–Kier alpha value is -1.43. The molecule has 0 amide bonds. The van der Waals surface area contributed by atoms with Gasteiger partial charge >= 0.3 is 0 Å². The summed E-state index contributed by atoms with van der Waals surface area (Å²) in [6.45, 7) is 0.142. The minimum Gasteiger partial charge on any atom is -0.356 e. The van der Waals surface area contributed by atoms with Crippen LogP contribution in [0.25, 0.3) is 0 Å². The Morgan fingerprint density at radius 3 is 2.25 bits per heavy atom. The van der Waals surface area contributed by atoms with Crippen LogP contribution in [-0.2, 0) is 9.84 Å². The normalized spacial score (nSPS) is 13.2. The zero-order valence-electron chi connectivity index (χ0n) is 10.6. The van der Waals surface area contributed by atoms with E-state index in [0.29, 0.717) is 10.6 Å². The first-order chi connectivity index (χ1) is 9.46. The summed E-state index contributed by atoms with van der Waals surface area (Å²) >= 11 is 6.06. The second-order valence-corrected chi connectivity index (χ2v) is 6.84. The lowest BCUT2D eigenvalue weighted by molar-refractivity contribution is -0.367. The van der Waals surface area contributed by atoms with Gasteiger partial charge in [0.25, 0.3) is 0 Å². The van der Waals surface area contributed by atoms with Gasteiger partial charge in [-0.25, -0.2) is 12.8 Å². The van der Waals surface area contributed by atoms with Crippen molar-refractivity contribution in [3.05, 3.63) is 64.9 Å². The zero-order valence-corrected chi connectivity index (χ0v) is 12.2. The monoisotopic (exact) mass is 314 g/mol. The van der Waals surface area contributed by atoms with E-state index in [-0.39, 0.29) is 11.4 Å². The molecule has 0 unspecified atom stereocenters. The third kappa shape index (κ3) is 2.85. The highest BCUT2D eigenvalue weighted by Gasteiger charge is 2.31. The summed E-state index contributed by atoms with van der Waals surface area (Å²) in [5, 5.41) is -0.464. The predicted molar refractivity (Wildman–Crippen MR) is 75.5 cm³/mol. The van der Waals surface area contributed by atoms with Gasteiger partial charge in [-0.2, -0.15) is 0 Å². The van der Waals surface area contributed by atoms with Crippen LogP contribution >= 0.6 is 11.6 Å². The van der Waals surface area contributed by atoms with Crippen molar-refractivity contribution in [3.63, 3.8) is 0 Å². The molecule has 106 valence electrons. The fourth-order valence-electron chi connectivity index (χ4n) is 2.00. The van der Waals surface area contributed by atoms with E-state index in [1.54, 1.807) is 24.3 Å². The molecule has 0 aliphatic carbocycles. The smallest absolute Gasteiger partial charge is 0.190 e. The molecule has 0 aliphatic heterocycles. The lowest BCUT2D eigenvalue weighted by Gasteiger charge is -2.16. The Balaban J connectivity index is 2.51. The molecule has 0 heterocycles. The van der Waals surface area contributed by atoms with E-state index in [0.717, 1.165) is 12.1 Å². The molecule has 0 saturated heterocycles. The largest absolute Gasteiger partial charge is 0.356 e. The van der Waals surface area contributed by atoms with E-state index in [4.69, 9.17) is 11.6 Å². The SMILES string of the molecule is [NH3+]C[C@@H](c1ccccc1Cl)S(=O)(=O)c1ccc(F)cc1. The first-order valence-electron chi connectivity index (χ1n) is 6.00. The molecule has 0 saturated carbocycles. The van der Waals surface area contributed by atoms with Gasteiger partial charge in [0.2, 0.25) is 0 Å². The van der Waals surface area contributed by atoms with Crippen molar-refractivity contribution in [3.8, 4) is 0 Å². The molecule has 2 aromatic rings. The maximum absolute atomic E-state index is 12.9. The maximum atomic E-state index is 12.9. The lowest BCUT2D eigenvalue weighted by atomic mass is 10.1. The molecule has 0 aliphatic rings. The third-order valence-electron chi connectivity index (χ3n) is 3.03. The molecular formula is C14H14ClFNO2S+. The van der Waals surface area contributed by atoms with E-state index in [9.17, 15) is 12.8 Å². The number of sulfone groups is 1. The van der Waals surface area contributed by atoms with Crippen molar-refractivity contribution in [1.29, 1.82) is 0 Å². The minimum absolute atomic E-state index is 0.0625. The Bertz CT molecular complexity index is 701. The summed E-state index contributed by atoms with van der Waals surface area (Å²) < 4.78 is 38.1. The molecule has 1 atom stereocenters. The van der Waals surface area contributed by atoms with Crippen molar-refractivity contribution in [2.24, 2.45) is 0 Å². The molecule has 2 aromatic carbocycles. The van der Waals surface area contributed by atoms with Gasteiger partial charge in [-0.1, -0.05) is 29.8 Å². The van der Waals surface area contributed by atoms with Crippen LogP contribution in [0.3, 0.4) is 0 Å². The van der Waals surface area contributed by atoms with Crippen molar-refractivity contribution < 1.29 is 18.5 Å². The zero-order chi connectivity index (χ0) is 14.8. The number of halogens is 2. The van der Waals surface area contributed by atoms with E-state index in [1.807, 2.05) is 0 Å². The Morgan fingerprint density at radius 2 is 1.70 bits per heavy atom. The quantitative estimate of drug-likeness (QED) is 0.880. The van der Waals surface area contributed by atoms with Crippen molar-refractivity contribution >= 4 is 21.4 Å². The molecule has 3 N–H and O–H groups in total. The first kappa shape index (κ1) is 15.0. The highest BCUT2D eigenvalue weighted by Crippen LogP contribution is 2.32. The van der Waals surface area contributed by atoms with Crippen LogP contribution in [0.2, 0.25) is 5.02 Å². The molecule has 0 fully saturated rings. The highest BCUT2D eigenvalue weighted by atomic mass is 35.5. The molecular weight excluding hydrogens is 301 g/mol. The van der Waals surface area contributed by atoms with Crippen LogP contribution in [-0.4, -0.2) is 15.0 Å². The number of rotatable bonds is 4. The Morgan fingerprint density at radius 1 is 1.10 bits per heavy atom. The summed E-state index contributed by atoms with van der Waals surface area (Å²) in [5.74, 6) is -0.479. The van der Waals surface area contributed by atoms with E-state index in [2.05, 4.69) is 5.73 Å². The number of benzene rings is 2. The van der Waals surface area contributed by atoms with Crippen LogP contribution in [0.5, 0.6) is 0 Å². The predicted octanol–water partition coefficient (Wildman–Crippen LogP) is 2.24. The third-order valence-corrected chi connectivity index (χ3v) is 5.54. The average molecular weight is 315 g/mol. The van der Waals surface area contributed by atoms with Gasteiger partial charge in [0.15, 0.2) is 9.84 Å². The summed E-state index contributed by atoms with van der Waals surface area (Å²) in [6.07, 6.45) is 0. The van der Waals surface area contributed by atoms with E-state index >= 15 is 0 Å². The molecule has 2 rings (SSSR count). The van der Waals surface area contributed by atoms with Gasteiger partial charge in [0.1, 0.15) is 11.1 Å². The average Bonchev–Trinajstić information content (AvgIpc) is 2.42. The van der Waals surface area contributed by atoms with Gasteiger partial charge in [-0.15, -0.1) is 0 Å². The van der Waals surface area contributed by atoms with Crippen LogP contribution in [0.1, 0.15) is 10.8 Å². The lowest BCUT2D eigenvalue weighted by Crippen LogP contribution is -2.54. The second-order valence-electron chi connectivity index (χ2n) is 4.30. The molecule has 20 heavy (non-hydrogen) atoms. The van der Waals surface area contributed by atoms with Gasteiger partial charge < -0.3 is 5.73 Å². The summed E-state index contributed by atoms with van der Waals surface area (Å²) in [5.41, 5.74) is 4.21. The molecule has 0 bridgehead atoms. The fourth-order valence-corrected chi connectivity index (χ4v) is 4.03. The Labute approximate surface area is 122 Å². The van der Waals surface area contributed by atoms with Crippen molar-refractivity contribution in [2.75, 3.05) is 6.54 Å². The summed E-state index contributed by atoms with van der Waals surface area (Å²) in [6, 6.07) is 11.5. The summed E-state index contributed by atoms with van der Waals surface area (Å²) in [4.78, 5) is 0.0625. The molecule has 0 aromatic heterocycles. The van der Waals surface area contributed by atoms with Crippen LogP contribution in [0.15, 0.2) is 53.4 Å². The van der Waals surface area contributed by atoms with Gasteiger partial charge in [0, 0.05) is 5.02 Å². The summed E-state index contributed by atoms with van der Waals surface area (Å²) in [7, 11) is -3.66. The number of hydrogen-bond donors (Lipinski definition) is 1. The maximum Gasteiger partial charge on any atom is 0.190 e. The van der Waals surface area contributed by atoms with Crippen LogP contribution in [0.4, 0.5) is 4.39 Å². The number of hydrogen-bond acceptors (Lipinski definition) is 2. The van der Waals surface area contributed by atoms with Gasteiger partial charge in [-0.3, -0.25) is 0 Å². The molecule has 0 spiro atoms. The molecule has 6 heteroatoms. The van der Waals surface area contributed by atoms with Gasteiger partial charge in [0.05, 0.1) is 11.4 Å². The van der Waals surface area contributed by atoms with E-state index < -0.39 is 20.9 Å². The Kier molecular flexibility index (Phi) is 4.42. The standard InChI is InChI=1S/C14H13ClFNO2S/c15-13-4-2-1-3-12(13)14(9-17)20(18,19)11-7-5-10(16)6-8-11/h1-8,14H,9,17H2/p+1/t14-/m0/s1. The van der Waals surface area contributed by atoms with Crippen molar-refractivity contribution in [2.45, 2.75) is 10.1 Å². The van der Waals surface area contributed by atoms with E-state index in [1.165, 1.54) is 12.1 Å². The molecule has 0 radical (unpaired) electrons. The molecule has 3 nitrogen and oxygen atoms in total. The highest BCUT2D eigenvalue weighted by molar-refractivity contribution is 7.91. The van der Waals surface area contributed by atoms with Crippen LogP contribution in [0, 0.1) is 5.82 Å². The number of quaternary nitrogens is 1. The topological polar surface area (TPSA) is 61.8 Å². The second kappa shape index (κ2) is 5.91. The minimum atomic E-state index is -3.66. The van der Waals surface area contributed by atoms with Crippen molar-refractivity contribution in [1.82, 2.24) is 0 Å². The van der Waals surface area contributed by atoms with Crippen LogP contribution < -0.4 is 5.73 Å². The fraction of sp³-hybridized carbons (Fsp3) is 0.143. The first-order valence-corrected chi connectivity index (χ1v) is 7.92.